The quantitative estimate of drug-likeness (QED) is 0.885. The van der Waals surface area contributed by atoms with E-state index in [1.807, 2.05) is 0 Å². The number of carboxylic acids is 1. The molecule has 0 radical (unpaired) electrons. The molecule has 0 fully saturated rings. The normalized spacial score (nSPS) is 10.4. The lowest BCUT2D eigenvalue weighted by molar-refractivity contribution is 0.0697. The topological polar surface area (TPSA) is 37.3 Å². The zero-order chi connectivity index (χ0) is 13.3. The number of hydrogen-bond donors (Lipinski definition) is 1. The van der Waals surface area contributed by atoms with Crippen LogP contribution in [0.25, 0.3) is 11.1 Å². The van der Waals surface area contributed by atoms with Gasteiger partial charge in [0.1, 0.15) is 5.82 Å². The smallest absolute Gasteiger partial charge is 0.337 e. The molecule has 0 heterocycles. The fourth-order valence-corrected chi connectivity index (χ4v) is 1.89. The van der Waals surface area contributed by atoms with Gasteiger partial charge in [0.15, 0.2) is 0 Å². The van der Waals surface area contributed by atoms with Crippen LogP contribution in [0.2, 0.25) is 5.02 Å². The minimum Gasteiger partial charge on any atom is -0.478 e. The van der Waals surface area contributed by atoms with E-state index in [1.54, 1.807) is 25.1 Å². The summed E-state index contributed by atoms with van der Waals surface area (Å²) in [4.78, 5) is 11.0. The molecule has 0 bridgehead atoms. The third kappa shape index (κ3) is 2.36. The van der Waals surface area contributed by atoms with Gasteiger partial charge in [-0.1, -0.05) is 23.7 Å². The predicted octanol–water partition coefficient (Wildman–Crippen LogP) is 4.15. The van der Waals surface area contributed by atoms with Gasteiger partial charge in [0.25, 0.3) is 0 Å². The van der Waals surface area contributed by atoms with Gasteiger partial charge < -0.3 is 5.11 Å². The van der Waals surface area contributed by atoms with Gasteiger partial charge in [0, 0.05) is 0 Å². The standard InChI is InChI=1S/C14H10ClFO2/c1-8-6-9(3-5-13(8)16)10-2-4-12(15)11(7-10)14(17)18/h2-7H,1H3,(H,17,18). The van der Waals surface area contributed by atoms with Crippen LogP contribution in [0.3, 0.4) is 0 Å². The maximum atomic E-state index is 13.2. The number of rotatable bonds is 2. The number of aryl methyl sites for hydroxylation is 1. The average Bonchev–Trinajstić information content (AvgIpc) is 2.33. The van der Waals surface area contributed by atoms with E-state index in [2.05, 4.69) is 0 Å². The molecule has 0 aliphatic carbocycles. The third-order valence-electron chi connectivity index (χ3n) is 2.69. The van der Waals surface area contributed by atoms with Gasteiger partial charge in [0.05, 0.1) is 10.6 Å². The van der Waals surface area contributed by atoms with Crippen LogP contribution in [0.1, 0.15) is 15.9 Å². The van der Waals surface area contributed by atoms with Crippen LogP contribution < -0.4 is 0 Å². The van der Waals surface area contributed by atoms with Crippen molar-refractivity contribution in [2.24, 2.45) is 0 Å². The molecule has 0 saturated carbocycles. The predicted molar refractivity (Wildman–Crippen MR) is 68.5 cm³/mol. The molecule has 0 atom stereocenters. The van der Waals surface area contributed by atoms with Gasteiger partial charge in [-0.3, -0.25) is 0 Å². The molecule has 2 aromatic carbocycles. The van der Waals surface area contributed by atoms with E-state index in [0.717, 1.165) is 5.56 Å². The number of benzene rings is 2. The van der Waals surface area contributed by atoms with Crippen molar-refractivity contribution >= 4 is 17.6 Å². The number of carbonyl (C=O) groups is 1. The van der Waals surface area contributed by atoms with Crippen molar-refractivity contribution in [3.63, 3.8) is 0 Å². The van der Waals surface area contributed by atoms with Crippen molar-refractivity contribution in [3.05, 3.63) is 58.4 Å². The zero-order valence-corrected chi connectivity index (χ0v) is 10.3. The molecule has 2 nitrogen and oxygen atoms in total. The van der Waals surface area contributed by atoms with Crippen molar-refractivity contribution < 1.29 is 14.3 Å². The molecule has 0 aromatic heterocycles. The first kappa shape index (κ1) is 12.6. The number of halogens is 2. The maximum Gasteiger partial charge on any atom is 0.337 e. The highest BCUT2D eigenvalue weighted by molar-refractivity contribution is 6.33. The molecule has 0 aliphatic heterocycles. The number of aromatic carboxylic acids is 1. The van der Waals surface area contributed by atoms with Gasteiger partial charge >= 0.3 is 5.97 Å². The fraction of sp³-hybridized carbons (Fsp3) is 0.0714. The summed E-state index contributed by atoms with van der Waals surface area (Å²) in [6.07, 6.45) is 0. The summed E-state index contributed by atoms with van der Waals surface area (Å²) in [7, 11) is 0. The summed E-state index contributed by atoms with van der Waals surface area (Å²) in [6, 6.07) is 9.36. The average molecular weight is 265 g/mol. The summed E-state index contributed by atoms with van der Waals surface area (Å²) in [5, 5.41) is 9.18. The molecular formula is C14H10ClFO2. The summed E-state index contributed by atoms with van der Waals surface area (Å²) in [6.45, 7) is 1.66. The molecule has 0 aliphatic rings. The second kappa shape index (κ2) is 4.78. The fourth-order valence-electron chi connectivity index (χ4n) is 1.69. The molecule has 18 heavy (non-hydrogen) atoms. The van der Waals surface area contributed by atoms with Crippen LogP contribution in [-0.4, -0.2) is 11.1 Å². The maximum absolute atomic E-state index is 13.2. The molecule has 0 saturated heterocycles. The Morgan fingerprint density at radius 3 is 2.39 bits per heavy atom. The van der Waals surface area contributed by atoms with E-state index in [-0.39, 0.29) is 16.4 Å². The van der Waals surface area contributed by atoms with E-state index in [0.29, 0.717) is 11.1 Å². The van der Waals surface area contributed by atoms with Crippen molar-refractivity contribution in [1.29, 1.82) is 0 Å². The van der Waals surface area contributed by atoms with Crippen molar-refractivity contribution in [1.82, 2.24) is 0 Å². The van der Waals surface area contributed by atoms with Gasteiger partial charge in [-0.25, -0.2) is 9.18 Å². The van der Waals surface area contributed by atoms with Crippen LogP contribution in [0.4, 0.5) is 4.39 Å². The molecule has 0 amide bonds. The summed E-state index contributed by atoms with van der Waals surface area (Å²) in [5.74, 6) is -1.37. The Labute approximate surface area is 109 Å². The monoisotopic (exact) mass is 264 g/mol. The Kier molecular flexibility index (Phi) is 3.34. The van der Waals surface area contributed by atoms with Crippen molar-refractivity contribution in [2.45, 2.75) is 6.92 Å². The van der Waals surface area contributed by atoms with Crippen LogP contribution in [-0.2, 0) is 0 Å². The van der Waals surface area contributed by atoms with Gasteiger partial charge in [-0.2, -0.15) is 0 Å². The Hall–Kier alpha value is -1.87. The number of hydrogen-bond acceptors (Lipinski definition) is 1. The second-order valence-electron chi connectivity index (χ2n) is 3.96. The van der Waals surface area contributed by atoms with E-state index in [1.165, 1.54) is 18.2 Å². The largest absolute Gasteiger partial charge is 0.478 e. The van der Waals surface area contributed by atoms with Crippen LogP contribution in [0.5, 0.6) is 0 Å². The first-order valence-corrected chi connectivity index (χ1v) is 5.66. The summed E-state index contributed by atoms with van der Waals surface area (Å²) < 4.78 is 13.2. The highest BCUT2D eigenvalue weighted by Gasteiger charge is 2.10. The van der Waals surface area contributed by atoms with Crippen LogP contribution in [0, 0.1) is 12.7 Å². The van der Waals surface area contributed by atoms with Gasteiger partial charge in [-0.05, 0) is 47.9 Å². The summed E-state index contributed by atoms with van der Waals surface area (Å²) >= 11 is 5.79. The molecule has 2 aromatic rings. The first-order valence-electron chi connectivity index (χ1n) is 5.28. The number of carboxylic acid groups (broad SMARTS) is 1. The third-order valence-corrected chi connectivity index (χ3v) is 3.02. The van der Waals surface area contributed by atoms with Gasteiger partial charge in [0.2, 0.25) is 0 Å². The van der Waals surface area contributed by atoms with E-state index in [9.17, 15) is 9.18 Å². The highest BCUT2D eigenvalue weighted by Crippen LogP contribution is 2.26. The Morgan fingerprint density at radius 1 is 1.17 bits per heavy atom. The lowest BCUT2D eigenvalue weighted by Gasteiger charge is -2.06. The molecular weight excluding hydrogens is 255 g/mol. The Morgan fingerprint density at radius 2 is 1.78 bits per heavy atom. The van der Waals surface area contributed by atoms with E-state index >= 15 is 0 Å². The summed E-state index contributed by atoms with van der Waals surface area (Å²) in [5.41, 5.74) is 2.00. The van der Waals surface area contributed by atoms with E-state index < -0.39 is 5.97 Å². The Balaban J connectivity index is 2.54. The SMILES string of the molecule is Cc1cc(-c2ccc(Cl)c(C(=O)O)c2)ccc1F. The molecule has 4 heteroatoms. The van der Waals surface area contributed by atoms with Crippen LogP contribution in [0.15, 0.2) is 36.4 Å². The Bertz CT molecular complexity index is 623. The lowest BCUT2D eigenvalue weighted by Crippen LogP contribution is -1.97. The van der Waals surface area contributed by atoms with Crippen LogP contribution >= 0.6 is 11.6 Å². The van der Waals surface area contributed by atoms with E-state index in [4.69, 9.17) is 16.7 Å². The zero-order valence-electron chi connectivity index (χ0n) is 9.58. The molecule has 0 spiro atoms. The highest BCUT2D eigenvalue weighted by atomic mass is 35.5. The molecule has 92 valence electrons. The molecule has 1 N–H and O–H groups in total. The minimum atomic E-state index is -1.08. The van der Waals surface area contributed by atoms with Crippen molar-refractivity contribution in [3.8, 4) is 11.1 Å². The second-order valence-corrected chi connectivity index (χ2v) is 4.37. The van der Waals surface area contributed by atoms with Crippen molar-refractivity contribution in [2.75, 3.05) is 0 Å². The molecule has 2 rings (SSSR count). The molecule has 0 unspecified atom stereocenters. The van der Waals surface area contributed by atoms with Gasteiger partial charge in [-0.15, -0.1) is 0 Å². The minimum absolute atomic E-state index is 0.0381. The first-order chi connectivity index (χ1) is 8.49. The lowest BCUT2D eigenvalue weighted by atomic mass is 10.0.